The maximum absolute atomic E-state index is 13.1. The van der Waals surface area contributed by atoms with Gasteiger partial charge in [-0.05, 0) is 45.9 Å². The quantitative estimate of drug-likeness (QED) is 0.591. The van der Waals surface area contributed by atoms with E-state index in [2.05, 4.69) is 15.1 Å². The van der Waals surface area contributed by atoms with Crippen molar-refractivity contribution in [2.45, 2.75) is 45.9 Å². The topological polar surface area (TPSA) is 131 Å². The lowest BCUT2D eigenvalue weighted by molar-refractivity contribution is -0.141. The molecule has 1 atom stereocenters. The lowest BCUT2D eigenvalue weighted by Gasteiger charge is -2.26. The molecule has 0 saturated carbocycles. The van der Waals surface area contributed by atoms with Gasteiger partial charge in [0, 0.05) is 37.0 Å². The fourth-order valence-corrected chi connectivity index (χ4v) is 3.70. The number of carboxylic acids is 1. The van der Waals surface area contributed by atoms with Crippen LogP contribution in [0.1, 0.15) is 43.7 Å². The number of nitrogens with zero attached hydrogens (tertiary/aromatic N) is 6. The lowest BCUT2D eigenvalue weighted by Crippen LogP contribution is -2.39. The normalized spacial score (nSPS) is 14.0. The van der Waals surface area contributed by atoms with E-state index in [0.29, 0.717) is 22.6 Å². The molecule has 0 spiro atoms. The molecule has 4 rings (SSSR count). The van der Waals surface area contributed by atoms with Crippen molar-refractivity contribution >= 4 is 29.6 Å². The molecular weight excluding hydrogens is 452 g/mol. The monoisotopic (exact) mass is 478 g/mol. The summed E-state index contributed by atoms with van der Waals surface area (Å²) in [6.45, 7) is 6.97. The van der Waals surface area contributed by atoms with Crippen LogP contribution >= 0.6 is 0 Å². The highest BCUT2D eigenvalue weighted by molar-refractivity contribution is 5.99. The third kappa shape index (κ3) is 4.70. The van der Waals surface area contributed by atoms with Crippen LogP contribution in [-0.2, 0) is 23.1 Å². The summed E-state index contributed by atoms with van der Waals surface area (Å²) in [6.07, 6.45) is 2.48. The smallest absolute Gasteiger partial charge is 0.421 e. The molecule has 0 radical (unpaired) electrons. The molecule has 0 aliphatic carbocycles. The molecule has 0 aromatic carbocycles. The first kappa shape index (κ1) is 23.9. The van der Waals surface area contributed by atoms with Crippen LogP contribution in [0.3, 0.4) is 0 Å². The minimum Gasteiger partial charge on any atom is -0.480 e. The van der Waals surface area contributed by atoms with Crippen molar-refractivity contribution in [3.05, 3.63) is 54.0 Å². The van der Waals surface area contributed by atoms with Gasteiger partial charge in [0.2, 0.25) is 0 Å². The van der Waals surface area contributed by atoms with Gasteiger partial charge in [-0.15, -0.1) is 0 Å². The second kappa shape index (κ2) is 8.82. The Morgan fingerprint density at radius 1 is 1.17 bits per heavy atom. The van der Waals surface area contributed by atoms with Crippen molar-refractivity contribution in [2.75, 3.05) is 4.90 Å². The molecule has 0 bridgehead atoms. The van der Waals surface area contributed by atoms with Gasteiger partial charge in [-0.3, -0.25) is 9.48 Å². The summed E-state index contributed by atoms with van der Waals surface area (Å²) in [5.41, 5.74) is 1.24. The van der Waals surface area contributed by atoms with Gasteiger partial charge < -0.3 is 14.7 Å². The summed E-state index contributed by atoms with van der Waals surface area (Å²) in [7, 11) is 1.70. The lowest BCUT2D eigenvalue weighted by atomic mass is 10.1. The first-order valence-corrected chi connectivity index (χ1v) is 11.0. The Morgan fingerprint density at radius 2 is 1.91 bits per heavy atom. The number of fused-ring (bicyclic) bond motifs is 1. The molecule has 11 heteroatoms. The first-order chi connectivity index (χ1) is 16.5. The standard InChI is InChI=1S/C24H26N6O5/c1-14(22(32)33)29-13-16-6-7-17(27-20(16)21(29)31)15-8-10-25-18(12-15)30(19-9-11-26-28(19)5)23(34)35-24(2,3)4/h6-12,14H,13H2,1-5H3,(H,32,33). The molecular formula is C24H26N6O5. The molecule has 35 heavy (non-hydrogen) atoms. The van der Waals surface area contributed by atoms with Crippen molar-refractivity contribution < 1.29 is 24.2 Å². The average molecular weight is 479 g/mol. The van der Waals surface area contributed by atoms with Crippen LogP contribution in [0, 0.1) is 0 Å². The van der Waals surface area contributed by atoms with E-state index in [1.54, 1.807) is 64.3 Å². The molecule has 3 aromatic rings. The maximum Gasteiger partial charge on any atom is 0.421 e. The molecule has 2 amide bonds. The Morgan fingerprint density at radius 3 is 2.54 bits per heavy atom. The minimum atomic E-state index is -1.08. The Kier molecular flexibility index (Phi) is 6.01. The van der Waals surface area contributed by atoms with Gasteiger partial charge >= 0.3 is 12.1 Å². The fourth-order valence-electron chi connectivity index (χ4n) is 3.70. The summed E-state index contributed by atoms with van der Waals surface area (Å²) in [4.78, 5) is 48.8. The van der Waals surface area contributed by atoms with Gasteiger partial charge in [-0.1, -0.05) is 6.07 Å². The second-order valence-corrected chi connectivity index (χ2v) is 9.18. The molecule has 1 unspecified atom stereocenters. The summed E-state index contributed by atoms with van der Waals surface area (Å²) in [5.74, 6) is -0.770. The average Bonchev–Trinajstić information content (AvgIpc) is 3.35. The molecule has 4 heterocycles. The zero-order chi connectivity index (χ0) is 25.5. The molecule has 1 aliphatic heterocycles. The third-order valence-electron chi connectivity index (χ3n) is 5.48. The molecule has 1 N–H and O–H groups in total. The number of carboxylic acid groups (broad SMARTS) is 1. The number of aromatic nitrogens is 4. The summed E-state index contributed by atoms with van der Waals surface area (Å²) in [6, 6.07) is 7.60. The van der Waals surface area contributed by atoms with E-state index in [4.69, 9.17) is 4.74 Å². The zero-order valence-corrected chi connectivity index (χ0v) is 20.1. The molecule has 1 aliphatic rings. The van der Waals surface area contributed by atoms with Crippen LogP contribution in [0.4, 0.5) is 16.4 Å². The van der Waals surface area contributed by atoms with Crippen LogP contribution in [0.25, 0.3) is 11.3 Å². The third-order valence-corrected chi connectivity index (χ3v) is 5.48. The van der Waals surface area contributed by atoms with Gasteiger partial charge in [0.15, 0.2) is 0 Å². The Labute approximate surface area is 202 Å². The van der Waals surface area contributed by atoms with E-state index in [-0.39, 0.29) is 18.1 Å². The number of hydrogen-bond acceptors (Lipinski definition) is 7. The number of carbonyl (C=O) groups is 3. The van der Waals surface area contributed by atoms with E-state index in [1.165, 1.54) is 27.6 Å². The summed E-state index contributed by atoms with van der Waals surface area (Å²) in [5, 5.41) is 13.4. The number of amides is 2. The van der Waals surface area contributed by atoms with Crippen molar-refractivity contribution in [2.24, 2.45) is 7.05 Å². The van der Waals surface area contributed by atoms with E-state index < -0.39 is 29.6 Å². The Balaban J connectivity index is 1.71. The number of ether oxygens (including phenoxy) is 1. The zero-order valence-electron chi connectivity index (χ0n) is 20.1. The van der Waals surface area contributed by atoms with E-state index in [0.717, 1.165) is 0 Å². The van der Waals surface area contributed by atoms with Crippen LogP contribution in [0.15, 0.2) is 42.7 Å². The first-order valence-electron chi connectivity index (χ1n) is 11.0. The molecule has 0 saturated heterocycles. The fraction of sp³-hybridized carbons (Fsp3) is 0.333. The van der Waals surface area contributed by atoms with Crippen molar-refractivity contribution in [3.63, 3.8) is 0 Å². The highest BCUT2D eigenvalue weighted by Crippen LogP contribution is 2.31. The maximum atomic E-state index is 13.1. The summed E-state index contributed by atoms with van der Waals surface area (Å²) >= 11 is 0. The van der Waals surface area contributed by atoms with Gasteiger partial charge in [-0.25, -0.2) is 24.5 Å². The SMILES string of the molecule is CC(C(=O)O)N1Cc2ccc(-c3ccnc(N(C(=O)OC(C)(C)C)c4ccnn4C)c3)nc2C1=O. The van der Waals surface area contributed by atoms with Crippen molar-refractivity contribution in [1.29, 1.82) is 0 Å². The predicted octanol–water partition coefficient (Wildman–Crippen LogP) is 3.38. The highest BCUT2D eigenvalue weighted by Gasteiger charge is 2.35. The largest absolute Gasteiger partial charge is 0.480 e. The predicted molar refractivity (Wildman–Crippen MR) is 126 cm³/mol. The van der Waals surface area contributed by atoms with Crippen LogP contribution < -0.4 is 4.90 Å². The van der Waals surface area contributed by atoms with Crippen LogP contribution in [0.2, 0.25) is 0 Å². The number of carbonyl (C=O) groups excluding carboxylic acids is 2. The van der Waals surface area contributed by atoms with E-state index in [9.17, 15) is 19.5 Å². The van der Waals surface area contributed by atoms with Crippen molar-refractivity contribution in [3.8, 4) is 11.3 Å². The van der Waals surface area contributed by atoms with Gasteiger partial charge in [0.25, 0.3) is 5.91 Å². The number of rotatable bonds is 5. The number of aryl methyl sites for hydroxylation is 1. The van der Waals surface area contributed by atoms with Crippen LogP contribution in [-0.4, -0.2) is 59.4 Å². The van der Waals surface area contributed by atoms with E-state index >= 15 is 0 Å². The Hall–Kier alpha value is -4.28. The highest BCUT2D eigenvalue weighted by atomic mass is 16.6. The number of aliphatic carboxylic acids is 1. The van der Waals surface area contributed by atoms with Crippen LogP contribution in [0.5, 0.6) is 0 Å². The van der Waals surface area contributed by atoms with Gasteiger partial charge in [0.05, 0.1) is 11.9 Å². The number of anilines is 2. The number of hydrogen-bond donors (Lipinski definition) is 1. The molecule has 11 nitrogen and oxygen atoms in total. The molecule has 0 fully saturated rings. The van der Waals surface area contributed by atoms with Gasteiger partial charge in [0.1, 0.15) is 29.0 Å². The van der Waals surface area contributed by atoms with Crippen molar-refractivity contribution in [1.82, 2.24) is 24.6 Å². The summed E-state index contributed by atoms with van der Waals surface area (Å²) < 4.78 is 7.13. The minimum absolute atomic E-state index is 0.184. The molecule has 3 aromatic heterocycles. The van der Waals surface area contributed by atoms with E-state index in [1.807, 2.05) is 0 Å². The second-order valence-electron chi connectivity index (χ2n) is 9.18. The molecule has 182 valence electrons. The van der Waals surface area contributed by atoms with Gasteiger partial charge in [-0.2, -0.15) is 5.10 Å². The Bertz CT molecular complexity index is 1310. The number of pyridine rings is 2.